The van der Waals surface area contributed by atoms with E-state index in [1.807, 2.05) is 19.1 Å². The molecular weight excluding hydrogens is 757 g/mol. The lowest BCUT2D eigenvalue weighted by Gasteiger charge is -2.32. The highest BCUT2D eigenvalue weighted by Gasteiger charge is 2.36. The number of carboxylic acid groups (broad SMARTS) is 1. The molecule has 0 aromatic heterocycles. The Hall–Kier alpha value is -5.51. The second kappa shape index (κ2) is 22.6. The zero-order valence-corrected chi connectivity index (χ0v) is 34.6. The Labute approximate surface area is 346 Å². The number of carbonyl (C=O) groups is 5. The van der Waals surface area contributed by atoms with Crippen LogP contribution < -0.4 is 36.9 Å². The van der Waals surface area contributed by atoms with Gasteiger partial charge in [-0.25, -0.2) is 4.79 Å². The zero-order valence-electron chi connectivity index (χ0n) is 34.6. The normalized spacial score (nSPS) is 17.2. The summed E-state index contributed by atoms with van der Waals surface area (Å²) in [6.07, 6.45) is 7.81. The monoisotopic (exact) mass is 816 g/mol. The van der Waals surface area contributed by atoms with E-state index in [2.05, 4.69) is 22.9 Å². The number of likely N-dealkylation sites (N-methyl/N-ethyl adjacent to an activating group) is 1. The Kier molecular flexibility index (Phi) is 17.7. The highest BCUT2D eigenvalue weighted by Crippen LogP contribution is 2.40. The molecule has 4 unspecified atom stereocenters. The topological polar surface area (TPSA) is 236 Å². The van der Waals surface area contributed by atoms with Crippen LogP contribution in [0.3, 0.4) is 0 Å². The fraction of sp³-hybridized carbons (Fsp3) is 0.477. The number of ether oxygens (including phenoxy) is 2. The van der Waals surface area contributed by atoms with Crippen LogP contribution in [0.5, 0.6) is 11.5 Å². The predicted molar refractivity (Wildman–Crippen MR) is 224 cm³/mol. The number of aryl methyl sites for hydroxylation is 2. The van der Waals surface area contributed by atoms with Crippen molar-refractivity contribution in [2.45, 2.75) is 96.3 Å². The van der Waals surface area contributed by atoms with Crippen molar-refractivity contribution >= 4 is 29.6 Å². The molecule has 320 valence electrons. The number of fused-ring (bicyclic) bond motifs is 5. The van der Waals surface area contributed by atoms with E-state index < -0.39 is 60.4 Å². The summed E-state index contributed by atoms with van der Waals surface area (Å²) < 4.78 is 12.0. The number of rotatable bonds is 19. The molecule has 4 bridgehead atoms. The number of nitrogens with one attached hydrogen (secondary N) is 3. The van der Waals surface area contributed by atoms with Crippen LogP contribution >= 0.6 is 0 Å². The third-order valence-corrected chi connectivity index (χ3v) is 10.3. The maximum Gasteiger partial charge on any atom is 0.326 e. The SMILES string of the molecule is CCCCCCCCc1ccc(C(=O)NC(CO)C(=O)N(C)C2C(=O)NC(C)C(=O)NC(C(=O)O)Cc3ccc(OCCN)c(c3)-c3cc2ccc3OCCN)c(C)c1. The van der Waals surface area contributed by atoms with Crippen LogP contribution in [0, 0.1) is 6.92 Å². The molecule has 0 saturated heterocycles. The van der Waals surface area contributed by atoms with Gasteiger partial charge in [0.25, 0.3) is 5.91 Å². The maximum absolute atomic E-state index is 14.3. The zero-order chi connectivity index (χ0) is 43.1. The van der Waals surface area contributed by atoms with Gasteiger partial charge in [0.2, 0.25) is 17.7 Å². The van der Waals surface area contributed by atoms with Crippen molar-refractivity contribution in [3.8, 4) is 22.6 Å². The molecule has 3 aromatic carbocycles. The summed E-state index contributed by atoms with van der Waals surface area (Å²) in [5, 5.41) is 28.3. The molecule has 1 aliphatic rings. The first kappa shape index (κ1) is 46.2. The molecule has 0 saturated carbocycles. The number of amides is 4. The van der Waals surface area contributed by atoms with Crippen molar-refractivity contribution in [1.82, 2.24) is 20.9 Å². The van der Waals surface area contributed by atoms with E-state index >= 15 is 0 Å². The van der Waals surface area contributed by atoms with Crippen LogP contribution in [-0.2, 0) is 32.0 Å². The molecule has 0 spiro atoms. The average Bonchev–Trinajstić information content (AvgIpc) is 3.21. The van der Waals surface area contributed by atoms with Gasteiger partial charge < -0.3 is 52.0 Å². The van der Waals surface area contributed by atoms with Crippen molar-refractivity contribution < 1.29 is 43.7 Å². The van der Waals surface area contributed by atoms with Gasteiger partial charge in [0, 0.05) is 43.2 Å². The summed E-state index contributed by atoms with van der Waals surface area (Å²) in [5.41, 5.74) is 15.4. The standard InChI is InChI=1S/C44H60N6O9/c1-5-6-7-8-9-10-11-29-12-15-32(27(2)22-29)41(53)49-36(26-51)43(55)50(4)39-31-14-17-38(59-21-19-46)34(25-31)33-23-30(13-16-37(33)58-20-18-45)24-35(44(56)57)48-40(52)28(3)47-42(39)54/h12-17,22-23,25,28,35-36,39,51H,5-11,18-21,24,26,45-46H2,1-4H3,(H,47,54)(H,48,52)(H,49,53)(H,56,57). The van der Waals surface area contributed by atoms with Gasteiger partial charge in [-0.1, -0.05) is 63.3 Å². The van der Waals surface area contributed by atoms with E-state index in [1.165, 1.54) is 39.7 Å². The van der Waals surface area contributed by atoms with E-state index in [0.717, 1.165) is 35.3 Å². The molecule has 15 nitrogen and oxygen atoms in total. The van der Waals surface area contributed by atoms with Gasteiger partial charge in [0.15, 0.2) is 0 Å². The van der Waals surface area contributed by atoms with Gasteiger partial charge in [-0.2, -0.15) is 0 Å². The first-order valence-corrected chi connectivity index (χ1v) is 20.4. The van der Waals surface area contributed by atoms with Crippen molar-refractivity contribution in [3.63, 3.8) is 0 Å². The largest absolute Gasteiger partial charge is 0.492 e. The number of carboxylic acids is 1. The van der Waals surface area contributed by atoms with Crippen LogP contribution in [0.1, 0.15) is 91.0 Å². The first-order valence-electron chi connectivity index (χ1n) is 20.4. The van der Waals surface area contributed by atoms with Gasteiger partial charge >= 0.3 is 5.97 Å². The number of aliphatic hydroxyl groups is 1. The van der Waals surface area contributed by atoms with Gasteiger partial charge in [0.05, 0.1) is 6.61 Å². The number of aliphatic carboxylic acids is 1. The summed E-state index contributed by atoms with van der Waals surface area (Å²) in [6.45, 7) is 5.30. The fourth-order valence-corrected chi connectivity index (χ4v) is 7.11. The van der Waals surface area contributed by atoms with Crippen molar-refractivity contribution in [2.75, 3.05) is 40.0 Å². The maximum atomic E-state index is 14.3. The molecule has 0 aliphatic carbocycles. The molecular formula is C44H60N6O9. The number of nitrogens with two attached hydrogens (primary N) is 2. The number of nitrogens with zero attached hydrogens (tertiary/aromatic N) is 1. The highest BCUT2D eigenvalue weighted by molar-refractivity contribution is 6.00. The molecule has 0 fully saturated rings. The van der Waals surface area contributed by atoms with E-state index in [4.69, 9.17) is 20.9 Å². The van der Waals surface area contributed by atoms with Crippen LogP contribution in [0.25, 0.3) is 11.1 Å². The molecule has 1 aliphatic heterocycles. The molecule has 15 heteroatoms. The molecule has 9 N–H and O–H groups in total. The third-order valence-electron chi connectivity index (χ3n) is 10.3. The van der Waals surface area contributed by atoms with Crippen LogP contribution in [-0.4, -0.2) is 103 Å². The summed E-state index contributed by atoms with van der Waals surface area (Å²) >= 11 is 0. The number of benzene rings is 3. The molecule has 59 heavy (non-hydrogen) atoms. The number of hydrogen-bond acceptors (Lipinski definition) is 10. The summed E-state index contributed by atoms with van der Waals surface area (Å²) in [4.78, 5) is 68.9. The van der Waals surface area contributed by atoms with Crippen LogP contribution in [0.2, 0.25) is 0 Å². The summed E-state index contributed by atoms with van der Waals surface area (Å²) in [7, 11) is 1.35. The number of carbonyl (C=O) groups excluding carboxylic acids is 4. The van der Waals surface area contributed by atoms with E-state index in [-0.39, 0.29) is 38.3 Å². The van der Waals surface area contributed by atoms with E-state index in [9.17, 15) is 34.2 Å². The molecule has 4 atom stereocenters. The smallest absolute Gasteiger partial charge is 0.326 e. The quantitative estimate of drug-likeness (QED) is 0.0869. The Balaban J connectivity index is 1.72. The Morgan fingerprint density at radius 3 is 2.15 bits per heavy atom. The molecule has 4 amide bonds. The lowest BCUT2D eigenvalue weighted by Crippen LogP contribution is -2.55. The minimum absolute atomic E-state index is 0.0956. The minimum atomic E-state index is -1.45. The van der Waals surface area contributed by atoms with Gasteiger partial charge in [-0.3, -0.25) is 19.2 Å². The second-order valence-electron chi connectivity index (χ2n) is 14.9. The lowest BCUT2D eigenvalue weighted by atomic mass is 9.93. The number of unbranched alkanes of at least 4 members (excludes halogenated alkanes) is 5. The van der Waals surface area contributed by atoms with Crippen molar-refractivity contribution in [1.29, 1.82) is 0 Å². The predicted octanol–water partition coefficient (Wildman–Crippen LogP) is 3.16. The van der Waals surface area contributed by atoms with Crippen LogP contribution in [0.15, 0.2) is 54.6 Å². The van der Waals surface area contributed by atoms with Gasteiger partial charge in [0.1, 0.15) is 48.9 Å². The van der Waals surface area contributed by atoms with E-state index in [1.54, 1.807) is 42.5 Å². The molecule has 3 aromatic rings. The van der Waals surface area contributed by atoms with Gasteiger partial charge in [-0.05, 0) is 79.3 Å². The second-order valence-corrected chi connectivity index (χ2v) is 14.9. The van der Waals surface area contributed by atoms with Crippen molar-refractivity contribution in [3.05, 3.63) is 82.4 Å². The fourth-order valence-electron chi connectivity index (χ4n) is 7.11. The highest BCUT2D eigenvalue weighted by atomic mass is 16.5. The van der Waals surface area contributed by atoms with Crippen molar-refractivity contribution in [2.24, 2.45) is 11.5 Å². The summed E-state index contributed by atoms with van der Waals surface area (Å²) in [5.74, 6) is -3.47. The Bertz CT molecular complexity index is 1940. The minimum Gasteiger partial charge on any atom is -0.492 e. The molecule has 4 rings (SSSR count). The number of hydrogen-bond donors (Lipinski definition) is 7. The van der Waals surface area contributed by atoms with Gasteiger partial charge in [-0.15, -0.1) is 0 Å². The Morgan fingerprint density at radius 2 is 1.53 bits per heavy atom. The third kappa shape index (κ3) is 12.5. The Morgan fingerprint density at radius 1 is 0.881 bits per heavy atom. The molecule has 1 heterocycles. The first-order chi connectivity index (χ1) is 28.3. The number of aliphatic hydroxyl groups excluding tert-OH is 1. The van der Waals surface area contributed by atoms with E-state index in [0.29, 0.717) is 33.8 Å². The van der Waals surface area contributed by atoms with Crippen LogP contribution in [0.4, 0.5) is 0 Å². The summed E-state index contributed by atoms with van der Waals surface area (Å²) in [6, 6.07) is 10.00. The average molecular weight is 817 g/mol. The lowest BCUT2D eigenvalue weighted by molar-refractivity contribution is -0.143. The molecule has 0 radical (unpaired) electrons.